The molecule has 2 N–H and O–H groups in total. The fourth-order valence-electron chi connectivity index (χ4n) is 4.72. The molecule has 20 heavy (non-hydrogen) atoms. The highest BCUT2D eigenvalue weighted by molar-refractivity contribution is 4.98. The Balaban J connectivity index is 1.61. The topological polar surface area (TPSA) is 38.7 Å². The summed E-state index contributed by atoms with van der Waals surface area (Å²) in [5, 5.41) is 13.4. The molecule has 1 saturated carbocycles. The molecule has 0 bridgehead atoms. The van der Waals surface area contributed by atoms with Crippen molar-refractivity contribution < 1.29 is 5.11 Å². The van der Waals surface area contributed by atoms with Crippen molar-refractivity contribution in [1.29, 1.82) is 0 Å². The van der Waals surface area contributed by atoms with Gasteiger partial charge in [-0.05, 0) is 51.6 Å². The summed E-state index contributed by atoms with van der Waals surface area (Å²) in [6.45, 7) is 8.48. The first kappa shape index (κ1) is 14.8. The SMILES string of the molecule is CCNC1(CO)CCCC(N2CCN3CCCC3C2)C1. The minimum absolute atomic E-state index is 0.00945. The number of likely N-dealkylation sites (N-methyl/N-ethyl adjacent to an activating group) is 1. The summed E-state index contributed by atoms with van der Waals surface area (Å²) in [4.78, 5) is 5.41. The van der Waals surface area contributed by atoms with Crippen LogP contribution in [0.1, 0.15) is 45.4 Å². The van der Waals surface area contributed by atoms with Crippen LogP contribution in [0.2, 0.25) is 0 Å². The maximum Gasteiger partial charge on any atom is 0.0613 e. The Labute approximate surface area is 123 Å². The molecule has 1 aliphatic carbocycles. The van der Waals surface area contributed by atoms with E-state index in [4.69, 9.17) is 0 Å². The van der Waals surface area contributed by atoms with Gasteiger partial charge >= 0.3 is 0 Å². The van der Waals surface area contributed by atoms with Gasteiger partial charge in [-0.2, -0.15) is 0 Å². The van der Waals surface area contributed by atoms with Gasteiger partial charge in [-0.25, -0.2) is 0 Å². The van der Waals surface area contributed by atoms with E-state index in [0.29, 0.717) is 12.6 Å². The number of rotatable bonds is 4. The van der Waals surface area contributed by atoms with Gasteiger partial charge in [-0.15, -0.1) is 0 Å². The van der Waals surface area contributed by atoms with Crippen LogP contribution >= 0.6 is 0 Å². The Morgan fingerprint density at radius 2 is 1.90 bits per heavy atom. The first-order valence-corrected chi connectivity index (χ1v) is 8.60. The van der Waals surface area contributed by atoms with Gasteiger partial charge in [-0.1, -0.05) is 6.92 Å². The van der Waals surface area contributed by atoms with Crippen molar-refractivity contribution in [3.05, 3.63) is 0 Å². The third-order valence-corrected chi connectivity index (χ3v) is 5.81. The highest BCUT2D eigenvalue weighted by Crippen LogP contribution is 2.33. The molecule has 3 aliphatic rings. The molecule has 2 saturated heterocycles. The summed E-state index contributed by atoms with van der Waals surface area (Å²) < 4.78 is 0. The molecule has 2 aliphatic heterocycles. The number of hydrogen-bond donors (Lipinski definition) is 2. The van der Waals surface area contributed by atoms with Gasteiger partial charge in [0.2, 0.25) is 0 Å². The van der Waals surface area contributed by atoms with E-state index in [1.807, 2.05) is 0 Å². The smallest absolute Gasteiger partial charge is 0.0613 e. The molecular weight excluding hydrogens is 250 g/mol. The second-order valence-electron chi connectivity index (χ2n) is 7.05. The Kier molecular flexibility index (Phi) is 4.65. The lowest BCUT2D eigenvalue weighted by Gasteiger charge is -2.48. The molecule has 3 fully saturated rings. The van der Waals surface area contributed by atoms with Crippen LogP contribution in [0.25, 0.3) is 0 Å². The average molecular weight is 281 g/mol. The molecular formula is C16H31N3O. The van der Waals surface area contributed by atoms with Crippen LogP contribution < -0.4 is 5.32 Å². The van der Waals surface area contributed by atoms with Crippen LogP contribution in [0.4, 0.5) is 0 Å². The largest absolute Gasteiger partial charge is 0.394 e. The van der Waals surface area contributed by atoms with Crippen LogP contribution in [0.3, 0.4) is 0 Å². The van der Waals surface area contributed by atoms with Gasteiger partial charge in [0.15, 0.2) is 0 Å². The maximum atomic E-state index is 9.85. The minimum atomic E-state index is -0.00945. The molecule has 0 amide bonds. The van der Waals surface area contributed by atoms with Gasteiger partial charge in [0.25, 0.3) is 0 Å². The molecule has 2 heterocycles. The Morgan fingerprint density at radius 1 is 1.10 bits per heavy atom. The zero-order valence-electron chi connectivity index (χ0n) is 13.0. The van der Waals surface area contributed by atoms with Crippen LogP contribution in [0, 0.1) is 0 Å². The van der Waals surface area contributed by atoms with Crippen molar-refractivity contribution >= 4 is 0 Å². The first-order chi connectivity index (χ1) is 9.76. The Morgan fingerprint density at radius 3 is 2.70 bits per heavy atom. The number of aliphatic hydroxyl groups excluding tert-OH is 1. The van der Waals surface area contributed by atoms with E-state index in [9.17, 15) is 5.11 Å². The van der Waals surface area contributed by atoms with Crippen molar-refractivity contribution in [2.45, 2.75) is 63.1 Å². The van der Waals surface area contributed by atoms with Gasteiger partial charge in [0.05, 0.1) is 6.61 Å². The average Bonchev–Trinajstić information content (AvgIpc) is 2.95. The standard InChI is InChI=1S/C16H31N3O/c1-2-17-16(13-20)7-3-5-14(11-16)19-10-9-18-8-4-6-15(18)12-19/h14-15,17,20H,2-13H2,1H3. The molecule has 3 unspecified atom stereocenters. The molecule has 4 heteroatoms. The van der Waals surface area contributed by atoms with Crippen molar-refractivity contribution in [3.63, 3.8) is 0 Å². The van der Waals surface area contributed by atoms with Crippen LogP contribution in [0.5, 0.6) is 0 Å². The van der Waals surface area contributed by atoms with Crippen LogP contribution in [0.15, 0.2) is 0 Å². The van der Waals surface area contributed by atoms with Gasteiger partial charge < -0.3 is 10.4 Å². The zero-order valence-corrected chi connectivity index (χ0v) is 13.0. The summed E-state index contributed by atoms with van der Waals surface area (Å²) in [6, 6.07) is 1.49. The van der Waals surface area contributed by atoms with E-state index in [0.717, 1.165) is 25.4 Å². The lowest BCUT2D eigenvalue weighted by atomic mass is 9.78. The summed E-state index contributed by atoms with van der Waals surface area (Å²) in [6.07, 6.45) is 7.62. The number of hydrogen-bond acceptors (Lipinski definition) is 4. The summed E-state index contributed by atoms with van der Waals surface area (Å²) in [7, 11) is 0. The molecule has 0 aromatic rings. The van der Waals surface area contributed by atoms with E-state index < -0.39 is 0 Å². The van der Waals surface area contributed by atoms with Crippen LogP contribution in [-0.2, 0) is 0 Å². The third kappa shape index (κ3) is 2.89. The Hall–Kier alpha value is -0.160. The predicted molar refractivity (Wildman–Crippen MR) is 81.9 cm³/mol. The zero-order chi connectivity index (χ0) is 14.0. The lowest BCUT2D eigenvalue weighted by Crippen LogP contribution is -2.59. The molecule has 0 aromatic carbocycles. The monoisotopic (exact) mass is 281 g/mol. The van der Waals surface area contributed by atoms with Crippen LogP contribution in [-0.4, -0.2) is 71.9 Å². The summed E-state index contributed by atoms with van der Waals surface area (Å²) in [5.41, 5.74) is -0.00945. The normalized spacial score (nSPS) is 39.9. The first-order valence-electron chi connectivity index (χ1n) is 8.60. The number of fused-ring (bicyclic) bond motifs is 1. The predicted octanol–water partition coefficient (Wildman–Crippen LogP) is 1.05. The quantitative estimate of drug-likeness (QED) is 0.808. The second-order valence-corrected chi connectivity index (χ2v) is 7.05. The number of piperazine rings is 1. The number of nitrogens with one attached hydrogen (secondary N) is 1. The fourth-order valence-corrected chi connectivity index (χ4v) is 4.72. The fraction of sp³-hybridized carbons (Fsp3) is 1.00. The summed E-state index contributed by atoms with van der Waals surface area (Å²) in [5.74, 6) is 0. The maximum absolute atomic E-state index is 9.85. The van der Waals surface area contributed by atoms with Crippen molar-refractivity contribution in [2.75, 3.05) is 39.3 Å². The molecule has 0 aromatic heterocycles. The highest BCUT2D eigenvalue weighted by atomic mass is 16.3. The van der Waals surface area contributed by atoms with E-state index >= 15 is 0 Å². The van der Waals surface area contributed by atoms with Gasteiger partial charge in [-0.3, -0.25) is 9.80 Å². The summed E-state index contributed by atoms with van der Waals surface area (Å²) >= 11 is 0. The molecule has 116 valence electrons. The van der Waals surface area contributed by atoms with E-state index in [1.54, 1.807) is 0 Å². The van der Waals surface area contributed by atoms with Gasteiger partial charge in [0, 0.05) is 37.3 Å². The molecule has 0 radical (unpaired) electrons. The van der Waals surface area contributed by atoms with Crippen molar-refractivity contribution in [2.24, 2.45) is 0 Å². The van der Waals surface area contributed by atoms with E-state index in [2.05, 4.69) is 22.0 Å². The second kappa shape index (κ2) is 6.30. The van der Waals surface area contributed by atoms with Crippen molar-refractivity contribution in [3.8, 4) is 0 Å². The number of aliphatic hydroxyl groups is 1. The van der Waals surface area contributed by atoms with Gasteiger partial charge in [0.1, 0.15) is 0 Å². The number of nitrogens with zero attached hydrogens (tertiary/aromatic N) is 2. The van der Waals surface area contributed by atoms with Crippen molar-refractivity contribution in [1.82, 2.24) is 15.1 Å². The minimum Gasteiger partial charge on any atom is -0.394 e. The van der Waals surface area contributed by atoms with E-state index in [-0.39, 0.29) is 5.54 Å². The third-order valence-electron chi connectivity index (χ3n) is 5.81. The molecule has 0 spiro atoms. The molecule has 4 nitrogen and oxygen atoms in total. The lowest BCUT2D eigenvalue weighted by molar-refractivity contribution is 0.0210. The van der Waals surface area contributed by atoms with E-state index in [1.165, 1.54) is 51.9 Å². The highest BCUT2D eigenvalue weighted by Gasteiger charge is 2.40. The molecule has 3 rings (SSSR count). The Bertz CT molecular complexity index is 321. The molecule has 3 atom stereocenters.